The van der Waals surface area contributed by atoms with Crippen molar-refractivity contribution in [3.63, 3.8) is 0 Å². The van der Waals surface area contributed by atoms with Crippen molar-refractivity contribution in [2.24, 2.45) is 5.92 Å². The molecule has 2 aromatic heterocycles. The fraction of sp³-hybridized carbons (Fsp3) is 0.538. The molecule has 1 aromatic carbocycles. The van der Waals surface area contributed by atoms with E-state index in [2.05, 4.69) is 29.0 Å². The summed E-state index contributed by atoms with van der Waals surface area (Å²) in [5.41, 5.74) is 2.34. The van der Waals surface area contributed by atoms with Gasteiger partial charge >= 0.3 is 6.09 Å². The van der Waals surface area contributed by atoms with Crippen LogP contribution in [0.3, 0.4) is 0 Å². The number of hydrogen-bond acceptors (Lipinski definition) is 9. The largest absolute Gasteiger partial charge is 0.453 e. The molecular formula is C26H36N8O4. The van der Waals surface area contributed by atoms with Crippen LogP contribution in [0.2, 0.25) is 0 Å². The van der Waals surface area contributed by atoms with E-state index in [1.807, 2.05) is 4.57 Å². The predicted molar refractivity (Wildman–Crippen MR) is 146 cm³/mol. The number of carbonyl (C=O) groups is 1. The number of carbonyl (C=O) groups excluding carboxylic acids is 1. The number of nitro benzene ring substituents is 1. The lowest BCUT2D eigenvalue weighted by molar-refractivity contribution is -0.384. The minimum atomic E-state index is -0.405. The highest BCUT2D eigenvalue weighted by Crippen LogP contribution is 2.25. The molecule has 0 radical (unpaired) electrons. The van der Waals surface area contributed by atoms with E-state index in [1.165, 1.54) is 32.1 Å². The minimum absolute atomic E-state index is 0.0555. The molecule has 1 amide bonds. The van der Waals surface area contributed by atoms with Gasteiger partial charge < -0.3 is 24.4 Å². The Morgan fingerprint density at radius 3 is 2.53 bits per heavy atom. The molecule has 12 heteroatoms. The molecule has 1 aliphatic heterocycles. The number of hydrogen-bond donors (Lipinski definition) is 1. The number of aromatic nitrogens is 4. The number of imidazole rings is 1. The van der Waals surface area contributed by atoms with Crippen LogP contribution in [0.15, 0.2) is 30.6 Å². The number of nitro groups is 1. The number of non-ortho nitro benzene ring substituents is 1. The van der Waals surface area contributed by atoms with Gasteiger partial charge in [0.25, 0.3) is 5.69 Å². The summed E-state index contributed by atoms with van der Waals surface area (Å²) >= 11 is 0. The fourth-order valence-electron chi connectivity index (χ4n) is 4.64. The number of amides is 1. The monoisotopic (exact) mass is 524 g/mol. The molecule has 204 valence electrons. The average Bonchev–Trinajstić information content (AvgIpc) is 3.35. The number of piperazine rings is 1. The molecule has 0 saturated carbocycles. The summed E-state index contributed by atoms with van der Waals surface area (Å²) in [5, 5.41) is 14.6. The SMILES string of the molecule is CCCCC(CC)CNc1nc(N2CCN(C(=O)OC)CC2)nc2c1ncn2Cc1ccc([N+](=O)[O-])cc1. The van der Waals surface area contributed by atoms with Gasteiger partial charge in [-0.25, -0.2) is 9.78 Å². The molecular weight excluding hydrogens is 488 g/mol. The normalized spacial score (nSPS) is 14.5. The first-order valence-electron chi connectivity index (χ1n) is 13.2. The standard InChI is InChI=1S/C26H36N8O4/c1-4-6-7-19(5-2)16-27-23-22-24(30-25(29-23)31-12-14-32(15-13-31)26(35)38-3)33(18-28-22)17-20-8-10-21(11-9-20)34(36)37/h8-11,18-19H,4-7,12-17H2,1-3H3,(H,27,29,30). The lowest BCUT2D eigenvalue weighted by atomic mass is 9.99. The van der Waals surface area contributed by atoms with Crippen molar-refractivity contribution in [3.8, 4) is 0 Å². The van der Waals surface area contributed by atoms with Crippen LogP contribution in [0.4, 0.5) is 22.2 Å². The van der Waals surface area contributed by atoms with Crippen LogP contribution in [-0.4, -0.2) is 75.3 Å². The van der Waals surface area contributed by atoms with Crippen molar-refractivity contribution in [1.82, 2.24) is 24.4 Å². The van der Waals surface area contributed by atoms with Gasteiger partial charge in [-0.15, -0.1) is 0 Å². The van der Waals surface area contributed by atoms with Crippen molar-refractivity contribution >= 4 is 34.7 Å². The Labute approximate surface area is 222 Å². The number of rotatable bonds is 11. The molecule has 1 aliphatic rings. The first kappa shape index (κ1) is 27.1. The Bertz CT molecular complexity index is 1240. The Balaban J connectivity index is 1.62. The molecule has 0 bridgehead atoms. The highest BCUT2D eigenvalue weighted by atomic mass is 16.6. The second-order valence-electron chi connectivity index (χ2n) is 9.58. The fourth-order valence-corrected chi connectivity index (χ4v) is 4.64. The van der Waals surface area contributed by atoms with Crippen LogP contribution in [0.1, 0.15) is 45.1 Å². The minimum Gasteiger partial charge on any atom is -0.453 e. The van der Waals surface area contributed by atoms with E-state index in [4.69, 9.17) is 14.7 Å². The first-order chi connectivity index (χ1) is 18.4. The number of methoxy groups -OCH3 is 1. The number of nitrogens with one attached hydrogen (secondary N) is 1. The quantitative estimate of drug-likeness (QED) is 0.288. The number of anilines is 2. The smallest absolute Gasteiger partial charge is 0.409 e. The molecule has 4 rings (SSSR count). The lowest BCUT2D eigenvalue weighted by Crippen LogP contribution is -2.49. The van der Waals surface area contributed by atoms with Gasteiger partial charge in [0.15, 0.2) is 17.0 Å². The first-order valence-corrected chi connectivity index (χ1v) is 13.2. The molecule has 1 N–H and O–H groups in total. The number of nitrogens with zero attached hydrogens (tertiary/aromatic N) is 7. The second kappa shape index (κ2) is 12.5. The summed E-state index contributed by atoms with van der Waals surface area (Å²) in [6.07, 6.45) is 6.01. The molecule has 1 fully saturated rings. The molecule has 38 heavy (non-hydrogen) atoms. The lowest BCUT2D eigenvalue weighted by Gasteiger charge is -2.34. The molecule has 1 saturated heterocycles. The van der Waals surface area contributed by atoms with Crippen molar-refractivity contribution in [1.29, 1.82) is 0 Å². The summed E-state index contributed by atoms with van der Waals surface area (Å²) in [7, 11) is 1.39. The number of ether oxygens (including phenoxy) is 1. The van der Waals surface area contributed by atoms with Crippen LogP contribution < -0.4 is 10.2 Å². The molecule has 1 atom stereocenters. The Morgan fingerprint density at radius 1 is 1.16 bits per heavy atom. The van der Waals surface area contributed by atoms with Crippen LogP contribution in [0.25, 0.3) is 11.2 Å². The molecule has 0 spiro atoms. The Morgan fingerprint density at radius 2 is 1.89 bits per heavy atom. The zero-order valence-electron chi connectivity index (χ0n) is 22.3. The van der Waals surface area contributed by atoms with E-state index in [9.17, 15) is 14.9 Å². The maximum absolute atomic E-state index is 11.9. The van der Waals surface area contributed by atoms with Crippen LogP contribution >= 0.6 is 0 Å². The van der Waals surface area contributed by atoms with E-state index in [0.717, 1.165) is 24.9 Å². The van der Waals surface area contributed by atoms with Gasteiger partial charge in [-0.1, -0.05) is 45.2 Å². The van der Waals surface area contributed by atoms with Crippen molar-refractivity contribution in [3.05, 3.63) is 46.3 Å². The van der Waals surface area contributed by atoms with Gasteiger partial charge in [-0.3, -0.25) is 10.1 Å². The van der Waals surface area contributed by atoms with Gasteiger partial charge in [0, 0.05) is 44.9 Å². The molecule has 1 unspecified atom stereocenters. The van der Waals surface area contributed by atoms with E-state index in [0.29, 0.717) is 61.6 Å². The molecule has 0 aliphatic carbocycles. The Hall–Kier alpha value is -3.96. The highest BCUT2D eigenvalue weighted by molar-refractivity contribution is 5.84. The summed E-state index contributed by atoms with van der Waals surface area (Å²) in [6.45, 7) is 7.90. The topological polar surface area (TPSA) is 132 Å². The zero-order valence-corrected chi connectivity index (χ0v) is 22.3. The van der Waals surface area contributed by atoms with Gasteiger partial charge in [0.05, 0.1) is 24.9 Å². The van der Waals surface area contributed by atoms with Crippen LogP contribution in [-0.2, 0) is 11.3 Å². The van der Waals surface area contributed by atoms with Gasteiger partial charge in [-0.2, -0.15) is 9.97 Å². The van der Waals surface area contributed by atoms with Gasteiger partial charge in [-0.05, 0) is 17.9 Å². The summed E-state index contributed by atoms with van der Waals surface area (Å²) in [5.74, 6) is 1.81. The number of fused-ring (bicyclic) bond motifs is 1. The number of benzene rings is 1. The number of unbranched alkanes of at least 4 members (excludes halogenated alkanes) is 1. The van der Waals surface area contributed by atoms with Crippen LogP contribution in [0.5, 0.6) is 0 Å². The summed E-state index contributed by atoms with van der Waals surface area (Å²) in [6, 6.07) is 6.50. The maximum Gasteiger partial charge on any atom is 0.409 e. The van der Waals surface area contributed by atoms with Crippen molar-refractivity contribution in [2.45, 2.75) is 46.1 Å². The van der Waals surface area contributed by atoms with E-state index in [1.54, 1.807) is 23.4 Å². The summed E-state index contributed by atoms with van der Waals surface area (Å²) in [4.78, 5) is 40.7. The predicted octanol–water partition coefficient (Wildman–Crippen LogP) is 4.30. The third kappa shape index (κ3) is 6.29. The highest BCUT2D eigenvalue weighted by Gasteiger charge is 2.25. The van der Waals surface area contributed by atoms with E-state index >= 15 is 0 Å². The third-order valence-electron chi connectivity index (χ3n) is 7.05. The molecule has 3 heterocycles. The van der Waals surface area contributed by atoms with Gasteiger partial charge in [0.1, 0.15) is 0 Å². The average molecular weight is 525 g/mol. The van der Waals surface area contributed by atoms with Crippen LogP contribution in [0, 0.1) is 16.0 Å². The van der Waals surface area contributed by atoms with Crippen molar-refractivity contribution < 1.29 is 14.5 Å². The maximum atomic E-state index is 11.9. The summed E-state index contributed by atoms with van der Waals surface area (Å²) < 4.78 is 6.80. The second-order valence-corrected chi connectivity index (χ2v) is 9.58. The van der Waals surface area contributed by atoms with Crippen molar-refractivity contribution in [2.75, 3.05) is 50.1 Å². The Kier molecular flexibility index (Phi) is 8.93. The third-order valence-corrected chi connectivity index (χ3v) is 7.05. The zero-order chi connectivity index (χ0) is 27.1. The molecule has 12 nitrogen and oxygen atoms in total. The van der Waals surface area contributed by atoms with E-state index in [-0.39, 0.29) is 11.8 Å². The molecule has 3 aromatic rings. The van der Waals surface area contributed by atoms with E-state index < -0.39 is 4.92 Å². The van der Waals surface area contributed by atoms with Gasteiger partial charge in [0.2, 0.25) is 5.95 Å².